The van der Waals surface area contributed by atoms with Crippen molar-refractivity contribution in [1.29, 1.82) is 10.8 Å². The number of aliphatic imine (C=N–C) groups is 1. The lowest BCUT2D eigenvalue weighted by Crippen LogP contribution is -2.48. The van der Waals surface area contributed by atoms with Crippen LogP contribution in [0.2, 0.25) is 5.02 Å². The standard InChI is InChI=1S/C21H23ClN4O2S/c1-11-12(2)29-19-17(11)18(14-6-8-15(22)9-7-14)25-21(4,10-16(27)28-5)20(24)26(19)13(3)23/h6-9,23-24H,10H2,1-5H3. The van der Waals surface area contributed by atoms with Crippen LogP contribution in [0.4, 0.5) is 5.00 Å². The van der Waals surface area contributed by atoms with Crippen molar-refractivity contribution in [3.05, 3.63) is 50.9 Å². The Labute approximate surface area is 179 Å². The van der Waals surface area contributed by atoms with Gasteiger partial charge in [0.1, 0.15) is 22.2 Å². The van der Waals surface area contributed by atoms with E-state index in [0.29, 0.717) is 10.7 Å². The molecule has 0 saturated heterocycles. The molecule has 0 amide bonds. The highest BCUT2D eigenvalue weighted by Gasteiger charge is 2.42. The first-order chi connectivity index (χ1) is 13.6. The Morgan fingerprint density at radius 1 is 1.31 bits per heavy atom. The Kier molecular flexibility index (Phi) is 5.65. The molecule has 1 atom stereocenters. The zero-order valence-corrected chi connectivity index (χ0v) is 18.6. The number of ether oxygens (including phenoxy) is 1. The molecule has 29 heavy (non-hydrogen) atoms. The monoisotopic (exact) mass is 430 g/mol. The number of nitrogens with zero attached hydrogens (tertiary/aromatic N) is 2. The van der Waals surface area contributed by atoms with E-state index in [1.165, 1.54) is 18.4 Å². The molecule has 0 fully saturated rings. The van der Waals surface area contributed by atoms with Gasteiger partial charge in [-0.15, -0.1) is 11.3 Å². The first-order valence-corrected chi connectivity index (χ1v) is 10.3. The maximum atomic E-state index is 12.2. The molecule has 0 saturated carbocycles. The van der Waals surface area contributed by atoms with Crippen molar-refractivity contribution in [1.82, 2.24) is 0 Å². The van der Waals surface area contributed by atoms with E-state index in [1.807, 2.05) is 26.0 Å². The molecule has 6 nitrogen and oxygen atoms in total. The van der Waals surface area contributed by atoms with Gasteiger partial charge in [-0.1, -0.05) is 23.7 Å². The number of halogens is 1. The Balaban J connectivity index is 2.36. The number of rotatable bonds is 3. The number of carbonyl (C=O) groups is 1. The second kappa shape index (κ2) is 7.72. The number of esters is 1. The molecule has 2 N–H and O–H groups in total. The number of anilines is 1. The van der Waals surface area contributed by atoms with Gasteiger partial charge in [-0.2, -0.15) is 0 Å². The highest BCUT2D eigenvalue weighted by Crippen LogP contribution is 2.42. The predicted octanol–water partition coefficient (Wildman–Crippen LogP) is 4.97. The van der Waals surface area contributed by atoms with Crippen LogP contribution >= 0.6 is 22.9 Å². The predicted molar refractivity (Wildman–Crippen MR) is 120 cm³/mol. The number of hydrogen-bond donors (Lipinski definition) is 2. The lowest BCUT2D eigenvalue weighted by Gasteiger charge is -2.31. The van der Waals surface area contributed by atoms with E-state index in [1.54, 1.807) is 30.9 Å². The van der Waals surface area contributed by atoms with E-state index in [-0.39, 0.29) is 18.1 Å². The average molecular weight is 431 g/mol. The van der Waals surface area contributed by atoms with Gasteiger partial charge in [0, 0.05) is 21.0 Å². The molecule has 0 radical (unpaired) electrons. The van der Waals surface area contributed by atoms with E-state index in [0.717, 1.165) is 26.6 Å². The second-order valence-corrected chi connectivity index (χ2v) is 8.87. The quantitative estimate of drug-likeness (QED) is 0.409. The number of fused-ring (bicyclic) bond motifs is 1. The van der Waals surface area contributed by atoms with Crippen molar-refractivity contribution < 1.29 is 9.53 Å². The van der Waals surface area contributed by atoms with Crippen LogP contribution in [0, 0.1) is 24.7 Å². The number of amidine groups is 2. The SMILES string of the molecule is COC(=O)CC1(C)N=C(c2ccc(Cl)cc2)c2c(sc(C)c2C)N(C(C)=N)C1=N. The smallest absolute Gasteiger partial charge is 0.308 e. The van der Waals surface area contributed by atoms with Gasteiger partial charge in [0.05, 0.1) is 19.2 Å². The lowest BCUT2D eigenvalue weighted by molar-refractivity contribution is -0.141. The fourth-order valence-corrected chi connectivity index (χ4v) is 4.70. The third kappa shape index (κ3) is 3.72. The number of hydrogen-bond acceptors (Lipinski definition) is 6. The minimum atomic E-state index is -1.19. The van der Waals surface area contributed by atoms with Crippen molar-refractivity contribution in [2.75, 3.05) is 12.0 Å². The summed E-state index contributed by atoms with van der Waals surface area (Å²) in [5, 5.41) is 18.6. The number of thiophene rings is 1. The van der Waals surface area contributed by atoms with Crippen LogP contribution < -0.4 is 4.90 Å². The summed E-state index contributed by atoms with van der Waals surface area (Å²) < 4.78 is 4.87. The van der Waals surface area contributed by atoms with Gasteiger partial charge in [-0.3, -0.25) is 25.5 Å². The van der Waals surface area contributed by atoms with Crippen LogP contribution in [0.1, 0.15) is 41.8 Å². The van der Waals surface area contributed by atoms with E-state index < -0.39 is 11.5 Å². The minimum absolute atomic E-state index is 0.0712. The van der Waals surface area contributed by atoms with Crippen molar-refractivity contribution in [2.45, 2.75) is 39.7 Å². The van der Waals surface area contributed by atoms with Crippen LogP contribution in [0.5, 0.6) is 0 Å². The summed E-state index contributed by atoms with van der Waals surface area (Å²) in [5.74, 6) is -0.194. The fourth-order valence-electron chi connectivity index (χ4n) is 3.36. The molecule has 1 unspecified atom stereocenters. The topological polar surface area (TPSA) is 89.6 Å². The fraction of sp³-hybridized carbons (Fsp3) is 0.333. The van der Waals surface area contributed by atoms with E-state index in [9.17, 15) is 4.79 Å². The number of methoxy groups -OCH3 is 1. The molecular weight excluding hydrogens is 408 g/mol. The van der Waals surface area contributed by atoms with E-state index in [2.05, 4.69) is 0 Å². The number of carbonyl (C=O) groups excluding carboxylic acids is 1. The normalized spacial score (nSPS) is 18.8. The lowest BCUT2D eigenvalue weighted by atomic mass is 9.95. The molecule has 1 aromatic heterocycles. The van der Waals surface area contributed by atoms with Gasteiger partial charge < -0.3 is 4.74 Å². The summed E-state index contributed by atoms with van der Waals surface area (Å²) in [6.45, 7) is 7.40. The zero-order valence-electron chi connectivity index (χ0n) is 17.0. The number of benzene rings is 1. The van der Waals surface area contributed by atoms with Crippen LogP contribution in [-0.2, 0) is 9.53 Å². The summed E-state index contributed by atoms with van der Waals surface area (Å²) in [5.41, 5.74) is 2.24. The van der Waals surface area contributed by atoms with Gasteiger partial charge in [0.15, 0.2) is 0 Å². The molecule has 8 heteroatoms. The Morgan fingerprint density at radius 3 is 2.48 bits per heavy atom. The van der Waals surface area contributed by atoms with Crippen molar-refractivity contribution in [2.24, 2.45) is 4.99 Å². The minimum Gasteiger partial charge on any atom is -0.469 e. The highest BCUT2D eigenvalue weighted by atomic mass is 35.5. The van der Waals surface area contributed by atoms with Gasteiger partial charge in [0.25, 0.3) is 0 Å². The Bertz CT molecular complexity index is 1040. The molecule has 2 aromatic rings. The van der Waals surface area contributed by atoms with Crippen LogP contribution in [0.3, 0.4) is 0 Å². The highest BCUT2D eigenvalue weighted by molar-refractivity contribution is 7.17. The largest absolute Gasteiger partial charge is 0.469 e. The number of nitrogens with one attached hydrogen (secondary N) is 2. The Morgan fingerprint density at radius 2 is 1.93 bits per heavy atom. The Hall–Kier alpha value is -2.51. The summed E-state index contributed by atoms with van der Waals surface area (Å²) >= 11 is 7.60. The van der Waals surface area contributed by atoms with Gasteiger partial charge >= 0.3 is 5.97 Å². The summed E-state index contributed by atoms with van der Waals surface area (Å²) in [6.07, 6.45) is -0.101. The number of aryl methyl sites for hydroxylation is 1. The van der Waals surface area contributed by atoms with Crippen molar-refractivity contribution in [3.63, 3.8) is 0 Å². The van der Waals surface area contributed by atoms with E-state index in [4.69, 9.17) is 32.1 Å². The molecule has 152 valence electrons. The maximum Gasteiger partial charge on any atom is 0.308 e. The van der Waals surface area contributed by atoms with Gasteiger partial charge in [-0.05, 0) is 45.4 Å². The molecule has 1 aliphatic rings. The molecule has 2 heterocycles. The molecule has 0 spiro atoms. The summed E-state index contributed by atoms with van der Waals surface area (Å²) in [4.78, 5) is 19.8. The van der Waals surface area contributed by atoms with Crippen LogP contribution in [0.15, 0.2) is 29.3 Å². The third-order valence-corrected chi connectivity index (χ3v) is 6.51. The van der Waals surface area contributed by atoms with Crippen LogP contribution in [-0.4, -0.2) is 36.0 Å². The van der Waals surface area contributed by atoms with Crippen LogP contribution in [0.25, 0.3) is 0 Å². The van der Waals surface area contributed by atoms with Crippen molar-refractivity contribution >= 4 is 51.3 Å². The van der Waals surface area contributed by atoms with Gasteiger partial charge in [0.2, 0.25) is 0 Å². The zero-order chi connectivity index (χ0) is 21.5. The summed E-state index contributed by atoms with van der Waals surface area (Å²) in [7, 11) is 1.32. The molecule has 3 rings (SSSR count). The molecule has 1 aromatic carbocycles. The first-order valence-electron chi connectivity index (χ1n) is 9.06. The first kappa shape index (κ1) is 21.2. The summed E-state index contributed by atoms with van der Waals surface area (Å²) in [6, 6.07) is 7.35. The molecule has 0 bridgehead atoms. The molecular formula is C21H23ClN4O2S. The second-order valence-electron chi connectivity index (χ2n) is 7.23. The maximum absolute atomic E-state index is 12.2. The molecule has 1 aliphatic heterocycles. The average Bonchev–Trinajstić information content (AvgIpc) is 2.89. The molecule has 0 aliphatic carbocycles. The van der Waals surface area contributed by atoms with Crippen molar-refractivity contribution in [3.8, 4) is 0 Å². The third-order valence-electron chi connectivity index (χ3n) is 5.07. The van der Waals surface area contributed by atoms with Gasteiger partial charge in [-0.25, -0.2) is 0 Å². The van der Waals surface area contributed by atoms with E-state index >= 15 is 0 Å².